The minimum Gasteiger partial charge on any atom is -0.376 e. The number of amides is 2. The van der Waals surface area contributed by atoms with E-state index in [1.54, 1.807) is 7.05 Å². The molecule has 2 amide bonds. The Morgan fingerprint density at radius 1 is 1.45 bits per heavy atom. The van der Waals surface area contributed by atoms with Gasteiger partial charge in [-0.3, -0.25) is 0 Å². The SMILES string of the molecule is Cn1nnc(CNC(=O)N2CCC[C@H]2[C@@H]2CCCO2)n1. The summed E-state index contributed by atoms with van der Waals surface area (Å²) in [5, 5.41) is 14.5. The number of hydrogen-bond acceptors (Lipinski definition) is 5. The van der Waals surface area contributed by atoms with E-state index in [1.807, 2.05) is 4.90 Å². The van der Waals surface area contributed by atoms with E-state index in [2.05, 4.69) is 20.7 Å². The topological polar surface area (TPSA) is 85.2 Å². The second-order valence-corrected chi connectivity index (χ2v) is 5.31. The minimum atomic E-state index is -0.0598. The first kappa shape index (κ1) is 13.3. The molecule has 2 aliphatic heterocycles. The van der Waals surface area contributed by atoms with E-state index in [0.717, 1.165) is 38.8 Å². The van der Waals surface area contributed by atoms with Crippen LogP contribution in [0.2, 0.25) is 0 Å². The lowest BCUT2D eigenvalue weighted by Gasteiger charge is -2.28. The second-order valence-electron chi connectivity index (χ2n) is 5.31. The number of ether oxygens (including phenoxy) is 1. The summed E-state index contributed by atoms with van der Waals surface area (Å²) in [6.07, 6.45) is 4.43. The van der Waals surface area contributed by atoms with Crippen molar-refractivity contribution in [3.63, 3.8) is 0 Å². The normalized spacial score (nSPS) is 26.1. The van der Waals surface area contributed by atoms with E-state index in [4.69, 9.17) is 4.74 Å². The zero-order valence-corrected chi connectivity index (χ0v) is 11.7. The molecule has 3 rings (SSSR count). The summed E-state index contributed by atoms with van der Waals surface area (Å²) in [5.41, 5.74) is 0. The number of nitrogens with one attached hydrogen (secondary N) is 1. The van der Waals surface area contributed by atoms with Gasteiger partial charge in [0.05, 0.1) is 25.7 Å². The highest BCUT2D eigenvalue weighted by Gasteiger charge is 2.36. The number of hydrogen-bond donors (Lipinski definition) is 1. The van der Waals surface area contributed by atoms with Crippen molar-refractivity contribution in [2.24, 2.45) is 7.05 Å². The quantitative estimate of drug-likeness (QED) is 0.846. The second kappa shape index (κ2) is 5.74. The van der Waals surface area contributed by atoms with E-state index in [9.17, 15) is 4.79 Å². The van der Waals surface area contributed by atoms with Crippen molar-refractivity contribution >= 4 is 6.03 Å². The fourth-order valence-electron chi connectivity index (χ4n) is 2.99. The van der Waals surface area contributed by atoms with Gasteiger partial charge in [0.1, 0.15) is 0 Å². The van der Waals surface area contributed by atoms with E-state index in [-0.39, 0.29) is 18.2 Å². The fourth-order valence-corrected chi connectivity index (χ4v) is 2.99. The third-order valence-electron chi connectivity index (χ3n) is 3.90. The van der Waals surface area contributed by atoms with Gasteiger partial charge in [-0.05, 0) is 30.9 Å². The third-order valence-corrected chi connectivity index (χ3v) is 3.90. The van der Waals surface area contributed by atoms with Gasteiger partial charge in [0, 0.05) is 13.2 Å². The number of likely N-dealkylation sites (tertiary alicyclic amines) is 1. The summed E-state index contributed by atoms with van der Waals surface area (Å²) in [6.45, 7) is 1.92. The molecule has 0 bridgehead atoms. The van der Waals surface area contributed by atoms with Crippen molar-refractivity contribution in [3.05, 3.63) is 5.82 Å². The average molecular weight is 280 g/mol. The molecule has 2 fully saturated rings. The smallest absolute Gasteiger partial charge is 0.318 e. The molecule has 1 aromatic rings. The van der Waals surface area contributed by atoms with Crippen LogP contribution in [0.15, 0.2) is 0 Å². The highest BCUT2D eigenvalue weighted by molar-refractivity contribution is 5.74. The van der Waals surface area contributed by atoms with Gasteiger partial charge in [-0.15, -0.1) is 10.2 Å². The van der Waals surface area contributed by atoms with Crippen molar-refractivity contribution < 1.29 is 9.53 Å². The van der Waals surface area contributed by atoms with E-state index < -0.39 is 0 Å². The molecule has 0 spiro atoms. The molecule has 110 valence electrons. The zero-order chi connectivity index (χ0) is 13.9. The summed E-state index contributed by atoms with van der Waals surface area (Å²) in [5.74, 6) is 0.522. The maximum atomic E-state index is 12.3. The lowest BCUT2D eigenvalue weighted by atomic mass is 10.1. The molecule has 0 aromatic carbocycles. The molecule has 20 heavy (non-hydrogen) atoms. The summed E-state index contributed by atoms with van der Waals surface area (Å²) in [6, 6.07) is 0.155. The molecule has 0 aliphatic carbocycles. The van der Waals surface area contributed by atoms with Gasteiger partial charge in [0.15, 0.2) is 5.82 Å². The number of aromatic nitrogens is 4. The van der Waals surface area contributed by atoms with E-state index in [0.29, 0.717) is 12.4 Å². The molecule has 0 radical (unpaired) electrons. The van der Waals surface area contributed by atoms with Crippen LogP contribution in [-0.2, 0) is 18.3 Å². The maximum Gasteiger partial charge on any atom is 0.318 e. The van der Waals surface area contributed by atoms with Crippen molar-refractivity contribution in [1.82, 2.24) is 30.4 Å². The first-order valence-electron chi connectivity index (χ1n) is 7.13. The summed E-state index contributed by atoms with van der Waals surface area (Å²) in [7, 11) is 1.70. The number of tetrazole rings is 1. The molecule has 2 atom stereocenters. The van der Waals surface area contributed by atoms with Gasteiger partial charge in [-0.1, -0.05) is 0 Å². The van der Waals surface area contributed by atoms with Crippen molar-refractivity contribution in [2.75, 3.05) is 13.2 Å². The molecular formula is C12H20N6O2. The van der Waals surface area contributed by atoms with Crippen LogP contribution in [0.5, 0.6) is 0 Å². The summed E-state index contributed by atoms with van der Waals surface area (Å²) < 4.78 is 5.72. The summed E-state index contributed by atoms with van der Waals surface area (Å²) in [4.78, 5) is 15.5. The first-order chi connectivity index (χ1) is 9.74. The number of nitrogens with zero attached hydrogens (tertiary/aromatic N) is 5. The molecule has 1 N–H and O–H groups in total. The Hall–Kier alpha value is -1.70. The Balaban J connectivity index is 1.55. The van der Waals surface area contributed by atoms with Crippen LogP contribution >= 0.6 is 0 Å². The Kier molecular flexibility index (Phi) is 3.81. The number of carbonyl (C=O) groups is 1. The molecule has 0 saturated carbocycles. The number of urea groups is 1. The van der Waals surface area contributed by atoms with Gasteiger partial charge in [-0.25, -0.2) is 4.79 Å². The predicted molar refractivity (Wildman–Crippen MR) is 69.7 cm³/mol. The van der Waals surface area contributed by atoms with Crippen LogP contribution in [0.1, 0.15) is 31.5 Å². The molecule has 2 aliphatic rings. The van der Waals surface area contributed by atoms with Crippen molar-refractivity contribution in [2.45, 2.75) is 44.4 Å². The van der Waals surface area contributed by atoms with Gasteiger partial charge in [0.25, 0.3) is 0 Å². The van der Waals surface area contributed by atoms with Crippen LogP contribution in [0.3, 0.4) is 0 Å². The van der Waals surface area contributed by atoms with Crippen LogP contribution in [-0.4, -0.2) is 56.4 Å². The van der Waals surface area contributed by atoms with Crippen LogP contribution < -0.4 is 5.32 Å². The van der Waals surface area contributed by atoms with Gasteiger partial charge >= 0.3 is 6.03 Å². The lowest BCUT2D eigenvalue weighted by Crippen LogP contribution is -2.47. The van der Waals surface area contributed by atoms with Gasteiger partial charge in [-0.2, -0.15) is 4.80 Å². The Bertz CT molecular complexity index is 470. The van der Waals surface area contributed by atoms with Crippen molar-refractivity contribution in [3.8, 4) is 0 Å². The molecular weight excluding hydrogens is 260 g/mol. The van der Waals surface area contributed by atoms with Crippen LogP contribution in [0, 0.1) is 0 Å². The van der Waals surface area contributed by atoms with Crippen molar-refractivity contribution in [1.29, 1.82) is 0 Å². The molecule has 8 heteroatoms. The van der Waals surface area contributed by atoms with Gasteiger partial charge in [0.2, 0.25) is 0 Å². The highest BCUT2D eigenvalue weighted by Crippen LogP contribution is 2.27. The number of aryl methyl sites for hydroxylation is 1. The standard InChI is InChI=1S/C12H20N6O2/c1-17-15-11(14-16-17)8-13-12(19)18-6-2-4-9(18)10-5-3-7-20-10/h9-10H,2-8H2,1H3,(H,13,19)/t9-,10-/m0/s1. The monoisotopic (exact) mass is 280 g/mol. The summed E-state index contributed by atoms with van der Waals surface area (Å²) >= 11 is 0. The number of rotatable bonds is 3. The molecule has 3 heterocycles. The average Bonchev–Trinajstić information content (AvgIpc) is 3.16. The molecule has 0 unspecified atom stereocenters. The largest absolute Gasteiger partial charge is 0.376 e. The Labute approximate surface area is 117 Å². The molecule has 2 saturated heterocycles. The van der Waals surface area contributed by atoms with Crippen LogP contribution in [0.4, 0.5) is 4.79 Å². The van der Waals surface area contributed by atoms with Gasteiger partial charge < -0.3 is 15.0 Å². The highest BCUT2D eigenvalue weighted by atomic mass is 16.5. The van der Waals surface area contributed by atoms with E-state index in [1.165, 1.54) is 4.80 Å². The minimum absolute atomic E-state index is 0.0598. The first-order valence-corrected chi connectivity index (χ1v) is 7.13. The lowest BCUT2D eigenvalue weighted by molar-refractivity contribution is 0.0520. The zero-order valence-electron chi connectivity index (χ0n) is 11.7. The predicted octanol–water partition coefficient (Wildman–Crippen LogP) is 0.0631. The third kappa shape index (κ3) is 2.74. The fraction of sp³-hybridized carbons (Fsp3) is 0.833. The Morgan fingerprint density at radius 2 is 2.35 bits per heavy atom. The van der Waals surface area contributed by atoms with Crippen LogP contribution in [0.25, 0.3) is 0 Å². The Morgan fingerprint density at radius 3 is 3.05 bits per heavy atom. The molecule has 8 nitrogen and oxygen atoms in total. The maximum absolute atomic E-state index is 12.3. The van der Waals surface area contributed by atoms with E-state index >= 15 is 0 Å². The number of carbonyl (C=O) groups excluding carboxylic acids is 1. The molecule has 1 aromatic heterocycles.